The van der Waals surface area contributed by atoms with Crippen molar-refractivity contribution >= 4 is 6.09 Å². The van der Waals surface area contributed by atoms with E-state index in [-0.39, 0.29) is 17.4 Å². The summed E-state index contributed by atoms with van der Waals surface area (Å²) in [6.07, 6.45) is -3.71. The van der Waals surface area contributed by atoms with Crippen LogP contribution in [0.3, 0.4) is 0 Å². The number of H-pyrrole nitrogens is 1. The number of rotatable bonds is 3. The fourth-order valence-corrected chi connectivity index (χ4v) is 3.17. The summed E-state index contributed by atoms with van der Waals surface area (Å²) < 4.78 is 47.5. The molecule has 1 aliphatic rings. The van der Waals surface area contributed by atoms with Gasteiger partial charge in [0, 0.05) is 12.1 Å². The third kappa shape index (κ3) is 4.76. The van der Waals surface area contributed by atoms with E-state index in [1.807, 2.05) is 0 Å². The molecule has 1 saturated heterocycles. The molecule has 1 amide bonds. The van der Waals surface area contributed by atoms with Crippen LogP contribution in [0, 0.1) is 0 Å². The number of nitrogens with one attached hydrogen (secondary N) is 1. The second-order valence-corrected chi connectivity index (χ2v) is 7.58. The monoisotopic (exact) mass is 397 g/mol. The molecule has 9 heteroatoms. The second-order valence-electron chi connectivity index (χ2n) is 7.58. The van der Waals surface area contributed by atoms with Crippen LogP contribution >= 0.6 is 0 Å². The first kappa shape index (κ1) is 20.0. The molecule has 1 fully saturated rings. The van der Waals surface area contributed by atoms with Gasteiger partial charge in [0.25, 0.3) is 0 Å². The number of nitrogens with zero attached hydrogens (tertiary/aromatic N) is 2. The van der Waals surface area contributed by atoms with E-state index in [2.05, 4.69) is 14.9 Å². The average Bonchev–Trinajstić information content (AvgIpc) is 3.21. The predicted octanol–water partition coefficient (Wildman–Crippen LogP) is 5.05. The third-order valence-electron chi connectivity index (χ3n) is 4.23. The molecule has 0 aliphatic carbocycles. The highest BCUT2D eigenvalue weighted by molar-refractivity contribution is 5.70. The molecular formula is C19H22F3N3O3. The Kier molecular flexibility index (Phi) is 5.27. The van der Waals surface area contributed by atoms with Crippen molar-refractivity contribution in [1.82, 2.24) is 15.1 Å². The zero-order valence-corrected chi connectivity index (χ0v) is 15.8. The van der Waals surface area contributed by atoms with Gasteiger partial charge in [-0.15, -0.1) is 13.2 Å². The summed E-state index contributed by atoms with van der Waals surface area (Å²) in [5.41, 5.74) is 0.548. The van der Waals surface area contributed by atoms with Gasteiger partial charge in [0.15, 0.2) is 0 Å². The van der Waals surface area contributed by atoms with Crippen molar-refractivity contribution in [3.05, 3.63) is 36.0 Å². The van der Waals surface area contributed by atoms with Gasteiger partial charge in [-0.3, -0.25) is 10.00 Å². The van der Waals surface area contributed by atoms with Crippen molar-refractivity contribution in [1.29, 1.82) is 0 Å². The number of halogens is 3. The fourth-order valence-electron chi connectivity index (χ4n) is 3.17. The molecule has 2 aromatic rings. The van der Waals surface area contributed by atoms with E-state index in [1.54, 1.807) is 37.8 Å². The number of para-hydroxylation sites is 1. The Labute approximate surface area is 160 Å². The molecule has 0 saturated carbocycles. The van der Waals surface area contributed by atoms with Gasteiger partial charge in [-0.25, -0.2) is 4.79 Å². The number of ether oxygens (including phenoxy) is 2. The molecule has 1 aromatic carbocycles. The van der Waals surface area contributed by atoms with Gasteiger partial charge in [0.05, 0.1) is 17.4 Å². The maximum Gasteiger partial charge on any atom is 0.573 e. The number of hydrogen-bond donors (Lipinski definition) is 1. The topological polar surface area (TPSA) is 67.4 Å². The molecule has 3 rings (SSSR count). The lowest BCUT2D eigenvalue weighted by molar-refractivity contribution is -0.274. The minimum absolute atomic E-state index is 0.212. The first-order chi connectivity index (χ1) is 13.0. The minimum Gasteiger partial charge on any atom is -0.444 e. The number of carbonyl (C=O) groups is 1. The van der Waals surface area contributed by atoms with E-state index >= 15 is 0 Å². The smallest absolute Gasteiger partial charge is 0.444 e. The van der Waals surface area contributed by atoms with E-state index in [0.29, 0.717) is 24.4 Å². The van der Waals surface area contributed by atoms with Gasteiger partial charge in [-0.1, -0.05) is 12.1 Å². The summed E-state index contributed by atoms with van der Waals surface area (Å²) in [5.74, 6) is -0.330. The SMILES string of the molecule is CC(C)(C)OC(=O)N1CCCC1c1cc(-c2ccccc2OC(F)(F)F)n[nH]1. The van der Waals surface area contributed by atoms with Crippen LogP contribution in [0.5, 0.6) is 5.75 Å². The van der Waals surface area contributed by atoms with Crippen molar-refractivity contribution in [2.75, 3.05) is 6.54 Å². The molecule has 0 radical (unpaired) electrons. The molecule has 28 heavy (non-hydrogen) atoms. The molecule has 0 bridgehead atoms. The third-order valence-corrected chi connectivity index (χ3v) is 4.23. The molecule has 1 N–H and O–H groups in total. The molecule has 1 aromatic heterocycles. The van der Waals surface area contributed by atoms with E-state index in [9.17, 15) is 18.0 Å². The molecule has 1 unspecified atom stereocenters. The summed E-state index contributed by atoms with van der Waals surface area (Å²) in [5, 5.41) is 6.99. The highest BCUT2D eigenvalue weighted by Gasteiger charge is 2.35. The first-order valence-electron chi connectivity index (χ1n) is 8.93. The van der Waals surface area contributed by atoms with Crippen molar-refractivity contribution in [3.8, 4) is 17.0 Å². The Hall–Kier alpha value is -2.71. The lowest BCUT2D eigenvalue weighted by Gasteiger charge is -2.28. The van der Waals surface area contributed by atoms with Crippen molar-refractivity contribution in [2.24, 2.45) is 0 Å². The van der Waals surface area contributed by atoms with Crippen molar-refractivity contribution in [2.45, 2.75) is 51.6 Å². The van der Waals surface area contributed by atoms with Gasteiger partial charge in [-0.05, 0) is 51.8 Å². The van der Waals surface area contributed by atoms with E-state index in [1.165, 1.54) is 18.2 Å². The Morgan fingerprint density at radius 1 is 1.25 bits per heavy atom. The fraction of sp³-hybridized carbons (Fsp3) is 0.474. The lowest BCUT2D eigenvalue weighted by atomic mass is 10.1. The number of hydrogen-bond acceptors (Lipinski definition) is 4. The number of likely N-dealkylation sites (tertiary alicyclic amines) is 1. The van der Waals surface area contributed by atoms with Crippen LogP contribution in [0.4, 0.5) is 18.0 Å². The van der Waals surface area contributed by atoms with Gasteiger partial charge in [0.2, 0.25) is 0 Å². The molecule has 2 heterocycles. The van der Waals surface area contributed by atoms with Gasteiger partial charge >= 0.3 is 12.5 Å². The summed E-state index contributed by atoms with van der Waals surface area (Å²) in [4.78, 5) is 14.1. The van der Waals surface area contributed by atoms with Crippen molar-refractivity contribution in [3.63, 3.8) is 0 Å². The number of alkyl halides is 3. The summed E-state index contributed by atoms with van der Waals surface area (Å²) in [6.45, 7) is 5.92. The molecule has 6 nitrogen and oxygen atoms in total. The van der Waals surface area contributed by atoms with Gasteiger partial charge < -0.3 is 9.47 Å². The van der Waals surface area contributed by atoms with Crippen LogP contribution in [-0.2, 0) is 4.74 Å². The Morgan fingerprint density at radius 2 is 1.96 bits per heavy atom. The number of amides is 1. The van der Waals surface area contributed by atoms with Gasteiger partial charge in [0.1, 0.15) is 11.4 Å². The second kappa shape index (κ2) is 7.37. The van der Waals surface area contributed by atoms with E-state index in [0.717, 1.165) is 6.42 Å². The molecular weight excluding hydrogens is 375 g/mol. The molecule has 1 aliphatic heterocycles. The van der Waals surface area contributed by atoms with E-state index in [4.69, 9.17) is 4.74 Å². The maximum absolute atomic E-state index is 12.7. The normalized spacial score (nSPS) is 17.6. The van der Waals surface area contributed by atoms with Crippen LogP contribution in [0.2, 0.25) is 0 Å². The molecule has 152 valence electrons. The first-order valence-corrected chi connectivity index (χ1v) is 8.93. The average molecular weight is 397 g/mol. The zero-order valence-electron chi connectivity index (χ0n) is 15.8. The molecule has 1 atom stereocenters. The van der Waals surface area contributed by atoms with Crippen molar-refractivity contribution < 1.29 is 27.4 Å². The number of aromatic nitrogens is 2. The Morgan fingerprint density at radius 3 is 2.64 bits per heavy atom. The van der Waals surface area contributed by atoms with Crippen LogP contribution in [0.25, 0.3) is 11.3 Å². The van der Waals surface area contributed by atoms with Gasteiger partial charge in [-0.2, -0.15) is 5.10 Å². The van der Waals surface area contributed by atoms with Crippen LogP contribution in [-0.4, -0.2) is 39.7 Å². The predicted molar refractivity (Wildman–Crippen MR) is 95.6 cm³/mol. The highest BCUT2D eigenvalue weighted by Crippen LogP contribution is 2.37. The van der Waals surface area contributed by atoms with Crippen LogP contribution in [0.1, 0.15) is 45.3 Å². The summed E-state index contributed by atoms with van der Waals surface area (Å²) in [6, 6.07) is 7.17. The number of benzene rings is 1. The highest BCUT2D eigenvalue weighted by atomic mass is 19.4. The molecule has 0 spiro atoms. The quantitative estimate of drug-likeness (QED) is 0.787. The maximum atomic E-state index is 12.7. The minimum atomic E-state index is -4.80. The standard InChI is InChI=1S/C19H22F3N3O3/c1-18(2,3)28-17(26)25-10-6-8-15(25)14-11-13(23-24-14)12-7-4-5-9-16(12)27-19(20,21)22/h4-5,7,9,11,15H,6,8,10H2,1-3H3,(H,23,24). The van der Waals surface area contributed by atoms with Crippen LogP contribution in [0.15, 0.2) is 30.3 Å². The van der Waals surface area contributed by atoms with Crippen LogP contribution < -0.4 is 4.74 Å². The number of carbonyl (C=O) groups excluding carboxylic acids is 1. The Bertz CT molecular complexity index is 843. The van der Waals surface area contributed by atoms with E-state index < -0.39 is 18.1 Å². The summed E-state index contributed by atoms with van der Waals surface area (Å²) in [7, 11) is 0. The summed E-state index contributed by atoms with van der Waals surface area (Å²) >= 11 is 0. The Balaban J connectivity index is 1.84. The lowest BCUT2D eigenvalue weighted by Crippen LogP contribution is -2.36. The number of aromatic amines is 1. The zero-order chi connectivity index (χ0) is 20.5. The largest absolute Gasteiger partial charge is 0.573 e.